The molecule has 0 radical (unpaired) electrons. The van der Waals surface area contributed by atoms with Crippen LogP contribution in [-0.2, 0) is 4.79 Å². The Kier molecular flexibility index (Phi) is 5.83. The second kappa shape index (κ2) is 7.39. The monoisotopic (exact) mass is 270 g/mol. The summed E-state index contributed by atoms with van der Waals surface area (Å²) in [6.07, 6.45) is 7.30. The van der Waals surface area contributed by atoms with Gasteiger partial charge in [0.2, 0.25) is 5.91 Å². The van der Waals surface area contributed by atoms with E-state index in [0.717, 1.165) is 19.0 Å². The predicted molar refractivity (Wildman–Crippen MR) is 77.9 cm³/mol. The van der Waals surface area contributed by atoms with Gasteiger partial charge < -0.3 is 10.6 Å². The molecule has 1 amide bonds. The highest BCUT2D eigenvalue weighted by molar-refractivity contribution is 8.00. The second-order valence-corrected chi connectivity index (χ2v) is 7.07. The van der Waals surface area contributed by atoms with E-state index in [1.165, 1.54) is 38.5 Å². The smallest absolute Gasteiger partial charge is 0.230 e. The van der Waals surface area contributed by atoms with Gasteiger partial charge in [0.1, 0.15) is 0 Å². The minimum absolute atomic E-state index is 0.248. The fourth-order valence-electron chi connectivity index (χ4n) is 2.83. The van der Waals surface area contributed by atoms with Crippen molar-refractivity contribution in [1.82, 2.24) is 10.6 Å². The lowest BCUT2D eigenvalue weighted by Gasteiger charge is -2.27. The normalized spacial score (nSPS) is 30.1. The number of nitrogens with one attached hydrogen (secondary N) is 2. The van der Waals surface area contributed by atoms with E-state index in [4.69, 9.17) is 0 Å². The van der Waals surface area contributed by atoms with E-state index in [2.05, 4.69) is 17.6 Å². The molecule has 1 saturated heterocycles. The number of amides is 1. The number of carbonyl (C=O) groups is 1. The first-order valence-corrected chi connectivity index (χ1v) is 8.40. The summed E-state index contributed by atoms with van der Waals surface area (Å²) in [7, 11) is 0. The van der Waals surface area contributed by atoms with Gasteiger partial charge in [0, 0.05) is 11.3 Å². The number of hydrogen-bond donors (Lipinski definition) is 2. The Bertz CT molecular complexity index is 259. The van der Waals surface area contributed by atoms with Crippen molar-refractivity contribution in [2.75, 3.05) is 18.8 Å². The van der Waals surface area contributed by atoms with Crippen molar-refractivity contribution in [3.8, 4) is 0 Å². The van der Waals surface area contributed by atoms with E-state index in [1.807, 2.05) is 11.8 Å². The Hall–Kier alpha value is -0.220. The van der Waals surface area contributed by atoms with Gasteiger partial charge in [-0.3, -0.25) is 4.79 Å². The third kappa shape index (κ3) is 4.81. The van der Waals surface area contributed by atoms with Gasteiger partial charge in [-0.05, 0) is 57.5 Å². The van der Waals surface area contributed by atoms with Crippen LogP contribution in [0.3, 0.4) is 0 Å². The standard InChI is InChI=1S/C14H26N2OS/c1-11-2-4-12(5-3-11)16-14(17)10-18-13-6-8-15-9-7-13/h11-13,15H,2-10H2,1H3,(H,16,17). The molecule has 1 aliphatic heterocycles. The number of hydrogen-bond acceptors (Lipinski definition) is 3. The average Bonchev–Trinajstić information content (AvgIpc) is 2.40. The van der Waals surface area contributed by atoms with E-state index in [9.17, 15) is 4.79 Å². The van der Waals surface area contributed by atoms with Crippen LogP contribution < -0.4 is 10.6 Å². The lowest BCUT2D eigenvalue weighted by Crippen LogP contribution is -2.39. The number of thioether (sulfide) groups is 1. The molecular weight excluding hydrogens is 244 g/mol. The number of piperidine rings is 1. The molecule has 0 aromatic carbocycles. The Morgan fingerprint density at radius 3 is 2.50 bits per heavy atom. The molecule has 2 rings (SSSR count). The molecule has 0 bridgehead atoms. The highest BCUT2D eigenvalue weighted by Gasteiger charge is 2.20. The van der Waals surface area contributed by atoms with Gasteiger partial charge in [-0.2, -0.15) is 0 Å². The second-order valence-electron chi connectivity index (χ2n) is 5.78. The van der Waals surface area contributed by atoms with Crippen LogP contribution in [0.2, 0.25) is 0 Å². The summed E-state index contributed by atoms with van der Waals surface area (Å²) in [5.74, 6) is 1.75. The van der Waals surface area contributed by atoms with E-state index in [0.29, 0.717) is 17.0 Å². The molecule has 0 atom stereocenters. The zero-order valence-corrected chi connectivity index (χ0v) is 12.2. The van der Waals surface area contributed by atoms with Gasteiger partial charge in [0.25, 0.3) is 0 Å². The summed E-state index contributed by atoms with van der Waals surface area (Å²) in [6.45, 7) is 4.53. The average molecular weight is 270 g/mol. The molecule has 0 spiro atoms. The lowest BCUT2D eigenvalue weighted by atomic mass is 9.87. The molecular formula is C14H26N2OS. The molecule has 18 heavy (non-hydrogen) atoms. The summed E-state index contributed by atoms with van der Waals surface area (Å²) in [5.41, 5.74) is 0. The zero-order valence-electron chi connectivity index (χ0n) is 11.4. The minimum atomic E-state index is 0.248. The van der Waals surface area contributed by atoms with Crippen LogP contribution >= 0.6 is 11.8 Å². The fraction of sp³-hybridized carbons (Fsp3) is 0.929. The van der Waals surface area contributed by atoms with Gasteiger partial charge in [-0.25, -0.2) is 0 Å². The van der Waals surface area contributed by atoms with Crippen LogP contribution in [0.4, 0.5) is 0 Å². The van der Waals surface area contributed by atoms with Gasteiger partial charge in [0.15, 0.2) is 0 Å². The number of rotatable bonds is 4. The van der Waals surface area contributed by atoms with E-state index in [1.54, 1.807) is 0 Å². The molecule has 4 heteroatoms. The predicted octanol–water partition coefficient (Wildman–Crippen LogP) is 2.17. The van der Waals surface area contributed by atoms with Gasteiger partial charge >= 0.3 is 0 Å². The molecule has 2 aliphatic rings. The third-order valence-corrected chi connectivity index (χ3v) is 5.49. The first-order valence-electron chi connectivity index (χ1n) is 7.35. The van der Waals surface area contributed by atoms with Crippen molar-refractivity contribution in [3.05, 3.63) is 0 Å². The molecule has 0 aromatic rings. The van der Waals surface area contributed by atoms with Crippen molar-refractivity contribution in [1.29, 1.82) is 0 Å². The Morgan fingerprint density at radius 1 is 1.17 bits per heavy atom. The maximum absolute atomic E-state index is 11.9. The van der Waals surface area contributed by atoms with E-state index >= 15 is 0 Å². The van der Waals surface area contributed by atoms with Crippen LogP contribution in [0.5, 0.6) is 0 Å². The van der Waals surface area contributed by atoms with Crippen LogP contribution in [0.15, 0.2) is 0 Å². The maximum Gasteiger partial charge on any atom is 0.230 e. The molecule has 3 nitrogen and oxygen atoms in total. The molecule has 2 fully saturated rings. The summed E-state index contributed by atoms with van der Waals surface area (Å²) in [6, 6.07) is 0.447. The van der Waals surface area contributed by atoms with E-state index in [-0.39, 0.29) is 5.91 Å². The molecule has 0 aromatic heterocycles. The van der Waals surface area contributed by atoms with E-state index < -0.39 is 0 Å². The molecule has 1 saturated carbocycles. The summed E-state index contributed by atoms with van der Waals surface area (Å²) in [4.78, 5) is 11.9. The quantitative estimate of drug-likeness (QED) is 0.822. The molecule has 104 valence electrons. The topological polar surface area (TPSA) is 41.1 Å². The largest absolute Gasteiger partial charge is 0.353 e. The fourth-order valence-corrected chi connectivity index (χ4v) is 3.87. The van der Waals surface area contributed by atoms with Gasteiger partial charge in [-0.1, -0.05) is 6.92 Å². The Morgan fingerprint density at radius 2 is 1.83 bits per heavy atom. The number of carbonyl (C=O) groups excluding carboxylic acids is 1. The highest BCUT2D eigenvalue weighted by Crippen LogP contribution is 2.24. The summed E-state index contributed by atoms with van der Waals surface area (Å²) >= 11 is 1.84. The first-order chi connectivity index (χ1) is 8.74. The van der Waals surface area contributed by atoms with Crippen LogP contribution in [0.25, 0.3) is 0 Å². The summed E-state index contributed by atoms with van der Waals surface area (Å²) < 4.78 is 0. The van der Waals surface area contributed by atoms with Crippen LogP contribution in [-0.4, -0.2) is 36.0 Å². The van der Waals surface area contributed by atoms with Crippen molar-refractivity contribution >= 4 is 17.7 Å². The van der Waals surface area contributed by atoms with Gasteiger partial charge in [-0.15, -0.1) is 11.8 Å². The Labute approximate surface area is 115 Å². The minimum Gasteiger partial charge on any atom is -0.353 e. The Balaban J connectivity index is 1.59. The maximum atomic E-state index is 11.9. The van der Waals surface area contributed by atoms with Crippen LogP contribution in [0.1, 0.15) is 45.4 Å². The van der Waals surface area contributed by atoms with Crippen molar-refractivity contribution in [2.24, 2.45) is 5.92 Å². The summed E-state index contributed by atoms with van der Waals surface area (Å²) in [5, 5.41) is 7.25. The molecule has 2 N–H and O–H groups in total. The molecule has 1 aliphatic carbocycles. The first kappa shape index (κ1) is 14.2. The highest BCUT2D eigenvalue weighted by atomic mass is 32.2. The van der Waals surface area contributed by atoms with Crippen LogP contribution in [0, 0.1) is 5.92 Å². The molecule has 1 heterocycles. The lowest BCUT2D eigenvalue weighted by molar-refractivity contribution is -0.119. The van der Waals surface area contributed by atoms with Crippen molar-refractivity contribution in [2.45, 2.75) is 56.7 Å². The zero-order chi connectivity index (χ0) is 12.8. The van der Waals surface area contributed by atoms with Gasteiger partial charge in [0.05, 0.1) is 5.75 Å². The van der Waals surface area contributed by atoms with Crippen molar-refractivity contribution in [3.63, 3.8) is 0 Å². The molecule has 0 unspecified atom stereocenters. The van der Waals surface area contributed by atoms with Crippen molar-refractivity contribution < 1.29 is 4.79 Å². The SMILES string of the molecule is CC1CCC(NC(=O)CSC2CCNCC2)CC1. The third-order valence-electron chi connectivity index (χ3n) is 4.12.